The van der Waals surface area contributed by atoms with Crippen molar-refractivity contribution in [3.8, 4) is 0 Å². The van der Waals surface area contributed by atoms with Crippen molar-refractivity contribution in [2.45, 2.75) is 18.7 Å². The largest absolute Gasteiger partial charge is 0.149 e. The Morgan fingerprint density at radius 2 is 2.00 bits per heavy atom. The van der Waals surface area contributed by atoms with E-state index in [9.17, 15) is 0 Å². The van der Waals surface area contributed by atoms with Crippen molar-refractivity contribution >= 4 is 54.5 Å². The Labute approximate surface area is 115 Å². The average Bonchev–Trinajstić information content (AvgIpc) is 2.74. The van der Waals surface area contributed by atoms with Crippen molar-refractivity contribution in [1.29, 1.82) is 0 Å². The van der Waals surface area contributed by atoms with Gasteiger partial charge in [0.05, 0.1) is 4.83 Å². The molecular formula is C11H10Br2S2. The molecule has 4 heteroatoms. The Morgan fingerprint density at radius 1 is 1.27 bits per heavy atom. The zero-order chi connectivity index (χ0) is 11.0. The van der Waals surface area contributed by atoms with Gasteiger partial charge in [-0.2, -0.15) is 0 Å². The quantitative estimate of drug-likeness (QED) is 0.601. The average molecular weight is 366 g/mol. The molecule has 0 radical (unpaired) electrons. The van der Waals surface area contributed by atoms with Gasteiger partial charge in [-0.25, -0.2) is 0 Å². The molecule has 80 valence electrons. The maximum absolute atomic E-state index is 3.75. The Kier molecular flexibility index (Phi) is 3.71. The highest BCUT2D eigenvalue weighted by Crippen LogP contribution is 2.39. The van der Waals surface area contributed by atoms with Gasteiger partial charge in [0.15, 0.2) is 0 Å². The summed E-state index contributed by atoms with van der Waals surface area (Å²) in [6.45, 7) is 4.28. The summed E-state index contributed by atoms with van der Waals surface area (Å²) in [5.74, 6) is 0. The van der Waals surface area contributed by atoms with Crippen LogP contribution in [0, 0.1) is 13.8 Å². The number of hydrogen-bond acceptors (Lipinski definition) is 2. The molecule has 2 rings (SSSR count). The maximum atomic E-state index is 3.75. The van der Waals surface area contributed by atoms with Crippen molar-refractivity contribution in [3.63, 3.8) is 0 Å². The predicted molar refractivity (Wildman–Crippen MR) is 76.6 cm³/mol. The highest BCUT2D eigenvalue weighted by Gasteiger charge is 2.15. The fourth-order valence-corrected chi connectivity index (χ4v) is 4.52. The van der Waals surface area contributed by atoms with Crippen molar-refractivity contribution in [2.24, 2.45) is 0 Å². The minimum atomic E-state index is 0.331. The Morgan fingerprint density at radius 3 is 2.47 bits per heavy atom. The Hall–Kier alpha value is 0.360. The smallest absolute Gasteiger partial charge is 0.0746 e. The molecule has 0 amide bonds. The second-order valence-corrected chi connectivity index (χ2v) is 7.58. The van der Waals surface area contributed by atoms with E-state index in [4.69, 9.17) is 0 Å². The van der Waals surface area contributed by atoms with E-state index in [2.05, 4.69) is 63.2 Å². The third-order valence-electron chi connectivity index (χ3n) is 2.17. The summed E-state index contributed by atoms with van der Waals surface area (Å²) >= 11 is 10.9. The molecule has 0 fully saturated rings. The third kappa shape index (κ3) is 2.54. The van der Waals surface area contributed by atoms with E-state index in [1.54, 1.807) is 11.3 Å². The van der Waals surface area contributed by atoms with Gasteiger partial charge < -0.3 is 0 Å². The molecule has 2 aromatic heterocycles. The highest BCUT2D eigenvalue weighted by atomic mass is 79.9. The first-order valence-corrected chi connectivity index (χ1v) is 7.93. The molecule has 0 saturated carbocycles. The van der Waals surface area contributed by atoms with E-state index in [1.807, 2.05) is 11.3 Å². The van der Waals surface area contributed by atoms with E-state index >= 15 is 0 Å². The normalized spacial score (nSPS) is 13.1. The molecule has 0 aliphatic carbocycles. The van der Waals surface area contributed by atoms with Crippen LogP contribution in [0.3, 0.4) is 0 Å². The van der Waals surface area contributed by atoms with E-state index in [1.165, 1.54) is 24.7 Å². The summed E-state index contributed by atoms with van der Waals surface area (Å²) in [6.07, 6.45) is 0. The molecule has 1 atom stereocenters. The standard InChI is InChI=1S/C11H10Br2S2/c1-6-3-8(5-14-6)11(13)10-4-9(12)7(2)15-10/h3-5,11H,1-2H3. The van der Waals surface area contributed by atoms with Crippen LogP contribution in [0.15, 0.2) is 22.0 Å². The van der Waals surface area contributed by atoms with Crippen LogP contribution in [0.4, 0.5) is 0 Å². The predicted octanol–water partition coefficient (Wildman–Crippen LogP) is 5.67. The molecule has 15 heavy (non-hydrogen) atoms. The van der Waals surface area contributed by atoms with Crippen LogP contribution in [-0.4, -0.2) is 0 Å². The van der Waals surface area contributed by atoms with Gasteiger partial charge in [-0.1, -0.05) is 15.9 Å². The van der Waals surface area contributed by atoms with Crippen LogP contribution in [0.2, 0.25) is 0 Å². The Balaban J connectivity index is 2.31. The first kappa shape index (κ1) is 11.8. The molecule has 0 aromatic carbocycles. The molecule has 0 aliphatic heterocycles. The molecule has 1 unspecified atom stereocenters. The van der Waals surface area contributed by atoms with Gasteiger partial charge in [-0.15, -0.1) is 22.7 Å². The minimum Gasteiger partial charge on any atom is -0.149 e. The molecular weight excluding hydrogens is 356 g/mol. The Bertz CT molecular complexity index is 451. The zero-order valence-corrected chi connectivity index (χ0v) is 13.2. The van der Waals surface area contributed by atoms with Crippen molar-refractivity contribution in [1.82, 2.24) is 0 Å². The van der Waals surface area contributed by atoms with Gasteiger partial charge in [0.2, 0.25) is 0 Å². The fraction of sp³-hybridized carbons (Fsp3) is 0.273. The van der Waals surface area contributed by atoms with Crippen LogP contribution < -0.4 is 0 Å². The number of alkyl halides is 1. The van der Waals surface area contributed by atoms with E-state index in [0.29, 0.717) is 4.83 Å². The van der Waals surface area contributed by atoms with Crippen LogP contribution >= 0.6 is 54.5 Å². The summed E-state index contributed by atoms with van der Waals surface area (Å²) in [4.78, 5) is 4.39. The van der Waals surface area contributed by atoms with Gasteiger partial charge in [0, 0.05) is 19.1 Å². The number of rotatable bonds is 2. The molecule has 0 spiro atoms. The SMILES string of the molecule is Cc1cc(C(Br)c2cc(Br)c(C)s2)cs1. The van der Waals surface area contributed by atoms with E-state index in [0.717, 1.165) is 0 Å². The molecule has 0 saturated heterocycles. The van der Waals surface area contributed by atoms with Gasteiger partial charge in [0.25, 0.3) is 0 Å². The van der Waals surface area contributed by atoms with Gasteiger partial charge in [-0.05, 0) is 52.9 Å². The summed E-state index contributed by atoms with van der Waals surface area (Å²) in [5.41, 5.74) is 1.35. The summed E-state index contributed by atoms with van der Waals surface area (Å²) in [6, 6.07) is 4.44. The lowest BCUT2D eigenvalue weighted by Gasteiger charge is -2.03. The lowest BCUT2D eigenvalue weighted by atomic mass is 10.2. The fourth-order valence-electron chi connectivity index (χ4n) is 1.37. The van der Waals surface area contributed by atoms with Crippen LogP contribution in [-0.2, 0) is 0 Å². The van der Waals surface area contributed by atoms with Crippen molar-refractivity contribution < 1.29 is 0 Å². The lowest BCUT2D eigenvalue weighted by molar-refractivity contribution is 1.24. The molecule has 0 bridgehead atoms. The van der Waals surface area contributed by atoms with Gasteiger partial charge in [-0.3, -0.25) is 0 Å². The summed E-state index contributed by atoms with van der Waals surface area (Å²) < 4.78 is 1.21. The third-order valence-corrected chi connectivity index (χ3v) is 6.58. The summed E-state index contributed by atoms with van der Waals surface area (Å²) in [7, 11) is 0. The minimum absolute atomic E-state index is 0.331. The molecule has 2 heterocycles. The first-order chi connectivity index (χ1) is 7.08. The molecule has 0 aliphatic rings. The number of halogens is 2. The summed E-state index contributed by atoms with van der Waals surface area (Å²) in [5, 5.41) is 2.22. The van der Waals surface area contributed by atoms with Crippen LogP contribution in [0.1, 0.15) is 25.0 Å². The number of hydrogen-bond donors (Lipinski definition) is 0. The van der Waals surface area contributed by atoms with Gasteiger partial charge >= 0.3 is 0 Å². The second kappa shape index (κ2) is 4.70. The molecule has 0 nitrogen and oxygen atoms in total. The van der Waals surface area contributed by atoms with Crippen molar-refractivity contribution in [3.05, 3.63) is 42.2 Å². The van der Waals surface area contributed by atoms with Crippen molar-refractivity contribution in [2.75, 3.05) is 0 Å². The highest BCUT2D eigenvalue weighted by molar-refractivity contribution is 9.10. The van der Waals surface area contributed by atoms with Crippen LogP contribution in [0.25, 0.3) is 0 Å². The van der Waals surface area contributed by atoms with Crippen LogP contribution in [0.5, 0.6) is 0 Å². The molecule has 0 N–H and O–H groups in total. The number of aryl methyl sites for hydroxylation is 2. The van der Waals surface area contributed by atoms with E-state index < -0.39 is 0 Å². The van der Waals surface area contributed by atoms with Gasteiger partial charge in [0.1, 0.15) is 0 Å². The molecule has 2 aromatic rings. The number of thiophene rings is 2. The second-order valence-electron chi connectivity index (χ2n) is 3.41. The monoisotopic (exact) mass is 364 g/mol. The lowest BCUT2D eigenvalue weighted by Crippen LogP contribution is -1.85. The zero-order valence-electron chi connectivity index (χ0n) is 8.38. The topological polar surface area (TPSA) is 0 Å². The maximum Gasteiger partial charge on any atom is 0.0746 e. The van der Waals surface area contributed by atoms with E-state index in [-0.39, 0.29) is 0 Å². The first-order valence-electron chi connectivity index (χ1n) is 4.53.